The molecule has 1 N–H and O–H groups in total. The molecule has 2 atom stereocenters. The Morgan fingerprint density at radius 2 is 1.18 bits per heavy atom. The highest BCUT2D eigenvalue weighted by molar-refractivity contribution is 5.91. The van der Waals surface area contributed by atoms with Gasteiger partial charge in [-0.25, -0.2) is 4.79 Å². The van der Waals surface area contributed by atoms with E-state index in [4.69, 9.17) is 0 Å². The van der Waals surface area contributed by atoms with Crippen LogP contribution in [-0.2, 0) is 17.6 Å². The molecular formula is C46H49N3O2. The van der Waals surface area contributed by atoms with Gasteiger partial charge in [-0.05, 0) is 144 Å². The predicted molar refractivity (Wildman–Crippen MR) is 211 cm³/mol. The molecular weight excluding hydrogens is 627 g/mol. The molecule has 5 heteroatoms. The Hall–Kier alpha value is -5.34. The molecule has 0 spiro atoms. The summed E-state index contributed by atoms with van der Waals surface area (Å²) in [5.74, 6) is -0.129. The molecule has 0 bridgehead atoms. The van der Waals surface area contributed by atoms with Crippen molar-refractivity contribution in [2.75, 3.05) is 22.9 Å². The lowest BCUT2D eigenvalue weighted by molar-refractivity contribution is -0.132. The second-order valence-corrected chi connectivity index (χ2v) is 14.0. The number of aliphatic carboxylic acids is 1. The van der Waals surface area contributed by atoms with Crippen LogP contribution in [0, 0.1) is 11.3 Å². The third-order valence-corrected chi connectivity index (χ3v) is 10.8. The number of allylic oxidation sites excluding steroid dienone is 4. The van der Waals surface area contributed by atoms with Crippen LogP contribution in [0.2, 0.25) is 0 Å². The van der Waals surface area contributed by atoms with Gasteiger partial charge in [0.25, 0.3) is 0 Å². The van der Waals surface area contributed by atoms with Gasteiger partial charge in [0.05, 0.1) is 0 Å². The van der Waals surface area contributed by atoms with Gasteiger partial charge in [0.15, 0.2) is 0 Å². The van der Waals surface area contributed by atoms with Crippen LogP contribution in [0.15, 0.2) is 115 Å². The van der Waals surface area contributed by atoms with Crippen LogP contribution < -0.4 is 9.80 Å². The van der Waals surface area contributed by atoms with Crippen molar-refractivity contribution in [1.82, 2.24) is 0 Å². The van der Waals surface area contributed by atoms with Gasteiger partial charge in [-0.1, -0.05) is 82.3 Å². The molecule has 0 saturated heterocycles. The molecule has 2 heterocycles. The zero-order valence-electron chi connectivity index (χ0n) is 30.4. The van der Waals surface area contributed by atoms with Gasteiger partial charge in [0, 0.05) is 35.8 Å². The van der Waals surface area contributed by atoms with Crippen LogP contribution in [0.25, 0.3) is 5.57 Å². The Bertz CT molecular complexity index is 1880. The molecule has 6 rings (SSSR count). The summed E-state index contributed by atoms with van der Waals surface area (Å²) in [6.07, 6.45) is 13.3. The van der Waals surface area contributed by atoms with Crippen molar-refractivity contribution in [2.24, 2.45) is 0 Å². The van der Waals surface area contributed by atoms with Crippen molar-refractivity contribution in [3.05, 3.63) is 148 Å². The maximum Gasteiger partial charge on any atom is 0.346 e. The standard InChI is InChI=1S/C46H49N3O2/c1-5-32(3)34-15-21-41(22-16-34)48-27-9-12-38-29-36(19-25-44(38)48)43(14-8-7-11-40(31-47)46(50)51)37-20-26-45-39(30-37)13-10-28-49(45)42-23-17-35(18-24-42)33(4)6-2/h7-8,11,14-26,29-30,32-33H,5-6,9-10,12-13,27-28H2,1-4H3,(H,50,51)/b8-7+,40-11+,43-14?. The third-order valence-electron chi connectivity index (χ3n) is 10.8. The molecule has 0 aromatic heterocycles. The number of aryl methyl sites for hydroxylation is 2. The molecule has 4 aromatic carbocycles. The SMILES string of the molecule is CCC(C)c1ccc(N2CCCc3cc(C(=C/C=C/C=C(\C#N)C(=O)O)c4ccc5c(c4)CCCN5c4ccc(C(C)CC)cc4)ccc32)cc1. The van der Waals surface area contributed by atoms with Crippen molar-refractivity contribution in [3.63, 3.8) is 0 Å². The van der Waals surface area contributed by atoms with Crippen molar-refractivity contribution < 1.29 is 9.90 Å². The van der Waals surface area contributed by atoms with Crippen molar-refractivity contribution in [1.29, 1.82) is 5.26 Å². The number of hydrogen-bond acceptors (Lipinski definition) is 4. The van der Waals surface area contributed by atoms with Gasteiger partial charge < -0.3 is 14.9 Å². The van der Waals surface area contributed by atoms with E-state index in [9.17, 15) is 15.2 Å². The van der Waals surface area contributed by atoms with E-state index in [1.165, 1.54) is 51.1 Å². The molecule has 4 aromatic rings. The first-order valence-corrected chi connectivity index (χ1v) is 18.5. The second-order valence-electron chi connectivity index (χ2n) is 14.0. The number of carboxylic acid groups (broad SMARTS) is 1. The lowest BCUT2D eigenvalue weighted by Gasteiger charge is -2.33. The fourth-order valence-corrected chi connectivity index (χ4v) is 7.32. The summed E-state index contributed by atoms with van der Waals surface area (Å²) in [6, 6.07) is 33.5. The monoisotopic (exact) mass is 675 g/mol. The molecule has 0 saturated carbocycles. The summed E-state index contributed by atoms with van der Waals surface area (Å²) >= 11 is 0. The van der Waals surface area contributed by atoms with E-state index in [0.717, 1.165) is 68.3 Å². The minimum atomic E-state index is -1.23. The highest BCUT2D eigenvalue weighted by atomic mass is 16.4. The van der Waals surface area contributed by atoms with Crippen LogP contribution in [0.1, 0.15) is 98.6 Å². The number of carboxylic acids is 1. The Morgan fingerprint density at radius 1 is 0.725 bits per heavy atom. The van der Waals surface area contributed by atoms with E-state index in [-0.39, 0.29) is 5.57 Å². The first-order valence-electron chi connectivity index (χ1n) is 18.5. The first-order chi connectivity index (χ1) is 24.8. The van der Waals surface area contributed by atoms with E-state index in [1.54, 1.807) is 12.1 Å². The molecule has 2 aliphatic heterocycles. The quantitative estimate of drug-likeness (QED) is 0.0973. The van der Waals surface area contributed by atoms with Gasteiger partial charge in [-0.2, -0.15) is 5.26 Å². The number of benzene rings is 4. The van der Waals surface area contributed by atoms with Crippen molar-refractivity contribution >= 4 is 34.3 Å². The number of hydrogen-bond donors (Lipinski definition) is 1. The van der Waals surface area contributed by atoms with Crippen molar-refractivity contribution in [3.8, 4) is 6.07 Å². The fourth-order valence-electron chi connectivity index (χ4n) is 7.32. The Labute approximate surface area is 303 Å². The molecule has 5 nitrogen and oxygen atoms in total. The Kier molecular flexibility index (Phi) is 11.2. The van der Waals surface area contributed by atoms with E-state index < -0.39 is 5.97 Å². The van der Waals surface area contributed by atoms with Crippen LogP contribution in [0.4, 0.5) is 22.7 Å². The molecule has 2 aliphatic rings. The lowest BCUT2D eigenvalue weighted by atomic mass is 9.89. The minimum Gasteiger partial charge on any atom is -0.477 e. The van der Waals surface area contributed by atoms with E-state index in [1.807, 2.05) is 12.2 Å². The first kappa shape index (κ1) is 35.5. The molecule has 0 radical (unpaired) electrons. The summed E-state index contributed by atoms with van der Waals surface area (Å²) in [5.41, 5.74) is 13.3. The number of anilines is 4. The van der Waals surface area contributed by atoms with E-state index >= 15 is 0 Å². The minimum absolute atomic E-state index is 0.293. The van der Waals surface area contributed by atoms with Crippen LogP contribution in [0.3, 0.4) is 0 Å². The molecule has 0 aliphatic carbocycles. The number of carbonyl (C=O) groups is 1. The fraction of sp³-hybridized carbons (Fsp3) is 0.304. The average Bonchev–Trinajstić information content (AvgIpc) is 3.17. The molecule has 0 fully saturated rings. The summed E-state index contributed by atoms with van der Waals surface area (Å²) in [5, 5.41) is 18.6. The Morgan fingerprint density at radius 3 is 1.59 bits per heavy atom. The largest absolute Gasteiger partial charge is 0.477 e. The molecule has 51 heavy (non-hydrogen) atoms. The average molecular weight is 676 g/mol. The number of rotatable bonds is 11. The molecule has 0 amide bonds. The van der Waals surface area contributed by atoms with Crippen molar-refractivity contribution in [2.45, 2.75) is 78.1 Å². The smallest absolute Gasteiger partial charge is 0.346 e. The van der Waals surface area contributed by atoms with E-state index in [0.29, 0.717) is 11.8 Å². The summed E-state index contributed by atoms with van der Waals surface area (Å²) in [7, 11) is 0. The van der Waals surface area contributed by atoms with Gasteiger partial charge in [-0.15, -0.1) is 0 Å². The zero-order valence-corrected chi connectivity index (χ0v) is 30.4. The van der Waals surface area contributed by atoms with Gasteiger partial charge in [0.2, 0.25) is 0 Å². The number of nitrogens with zero attached hydrogens (tertiary/aromatic N) is 3. The predicted octanol–water partition coefficient (Wildman–Crippen LogP) is 11.4. The summed E-state index contributed by atoms with van der Waals surface area (Å²) in [6.45, 7) is 11.0. The van der Waals surface area contributed by atoms with Crippen LogP contribution >= 0.6 is 0 Å². The zero-order chi connectivity index (χ0) is 35.9. The maximum atomic E-state index is 11.4. The van der Waals surface area contributed by atoms with Crippen LogP contribution in [-0.4, -0.2) is 24.2 Å². The topological polar surface area (TPSA) is 67.6 Å². The maximum absolute atomic E-state index is 11.4. The highest BCUT2D eigenvalue weighted by Gasteiger charge is 2.22. The highest BCUT2D eigenvalue weighted by Crippen LogP contribution is 2.40. The third kappa shape index (κ3) is 7.86. The summed E-state index contributed by atoms with van der Waals surface area (Å²) < 4.78 is 0. The van der Waals surface area contributed by atoms with Gasteiger partial charge in [-0.3, -0.25) is 0 Å². The Balaban J connectivity index is 1.36. The number of fused-ring (bicyclic) bond motifs is 2. The molecule has 260 valence electrons. The lowest BCUT2D eigenvalue weighted by Crippen LogP contribution is -2.24. The normalized spacial score (nSPS) is 15.5. The summed E-state index contributed by atoms with van der Waals surface area (Å²) in [4.78, 5) is 16.3. The molecule has 2 unspecified atom stereocenters. The van der Waals surface area contributed by atoms with Crippen LogP contribution in [0.5, 0.6) is 0 Å². The van der Waals surface area contributed by atoms with Gasteiger partial charge >= 0.3 is 5.97 Å². The number of nitriles is 1. The van der Waals surface area contributed by atoms with Gasteiger partial charge in [0.1, 0.15) is 11.6 Å². The second kappa shape index (κ2) is 16.1. The van der Waals surface area contributed by atoms with E-state index in [2.05, 4.69) is 122 Å².